The number of carbonyl (C=O) groups excluding carboxylic acids is 1. The molecule has 0 saturated carbocycles. The first kappa shape index (κ1) is 26.5. The minimum Gasteiger partial charge on any atom is -0.481 e. The summed E-state index contributed by atoms with van der Waals surface area (Å²) < 4.78 is 20.0. The summed E-state index contributed by atoms with van der Waals surface area (Å²) in [7, 11) is 3.21. The van der Waals surface area contributed by atoms with Gasteiger partial charge in [0, 0.05) is 37.7 Å². The summed E-state index contributed by atoms with van der Waals surface area (Å²) in [6.07, 6.45) is 4.04. The van der Waals surface area contributed by atoms with E-state index in [1.54, 1.807) is 49.2 Å². The van der Waals surface area contributed by atoms with Crippen molar-refractivity contribution in [3.8, 4) is 23.0 Å². The second-order valence-electron chi connectivity index (χ2n) is 7.37. The van der Waals surface area contributed by atoms with Crippen LogP contribution in [0.5, 0.6) is 5.88 Å². The maximum Gasteiger partial charge on any atom is 0.234 e. The number of aryl methyl sites for hydroxylation is 1. The first-order valence-corrected chi connectivity index (χ1v) is 11.4. The van der Waals surface area contributed by atoms with Crippen LogP contribution in [0.1, 0.15) is 17.8 Å². The number of carbonyl (C=O) groups is 1. The van der Waals surface area contributed by atoms with Gasteiger partial charge in [0.1, 0.15) is 11.6 Å². The minimum absolute atomic E-state index is 0.162. The van der Waals surface area contributed by atoms with Crippen LogP contribution in [-0.2, 0) is 11.2 Å². The van der Waals surface area contributed by atoms with E-state index in [0.717, 1.165) is 5.56 Å². The van der Waals surface area contributed by atoms with Crippen LogP contribution < -0.4 is 15.6 Å². The van der Waals surface area contributed by atoms with Crippen LogP contribution in [0.25, 0.3) is 23.2 Å². The zero-order valence-electron chi connectivity index (χ0n) is 19.9. The quantitative estimate of drug-likeness (QED) is 0.337. The summed E-state index contributed by atoms with van der Waals surface area (Å²) in [6.45, 7) is 3.62. The lowest BCUT2D eigenvalue weighted by Gasteiger charge is -2.12. The third-order valence-electron chi connectivity index (χ3n) is 4.97. The molecule has 0 atom stereocenters. The van der Waals surface area contributed by atoms with Crippen molar-refractivity contribution in [1.29, 1.82) is 0 Å². The Morgan fingerprint density at radius 1 is 1.17 bits per heavy atom. The Labute approximate surface area is 213 Å². The molecule has 10 heteroatoms. The van der Waals surface area contributed by atoms with Crippen LogP contribution in [0.15, 0.2) is 73.4 Å². The molecule has 0 fully saturated rings. The molecule has 0 bridgehead atoms. The number of aromatic nitrogens is 4. The number of nitrogens with one attached hydrogen (secondary N) is 2. The van der Waals surface area contributed by atoms with E-state index in [4.69, 9.17) is 16.3 Å². The number of hydrogen-bond donors (Lipinski definition) is 2. The molecule has 2 aromatic carbocycles. The van der Waals surface area contributed by atoms with Crippen molar-refractivity contribution in [3.63, 3.8) is 0 Å². The van der Waals surface area contributed by atoms with Crippen molar-refractivity contribution in [2.75, 3.05) is 14.2 Å². The van der Waals surface area contributed by atoms with Gasteiger partial charge in [-0.3, -0.25) is 14.8 Å². The molecule has 1 amide bonds. The number of hydrogen-bond acceptors (Lipinski definition) is 6. The van der Waals surface area contributed by atoms with Gasteiger partial charge < -0.3 is 4.74 Å². The molecule has 8 nitrogen and oxygen atoms in total. The Bertz CT molecular complexity index is 1310. The molecule has 0 spiro atoms. The minimum atomic E-state index is -0.332. The standard InChI is InChI=1S/C18H17ClFN5O.C8H9NO/c1-21-23-17(26)11-10-16-22-24-18(12-6-8-13(20)9-7-12)25(16)15-5-3-2-4-14(15)19;1-3-7-4-5-9-8(6-7)10-2/h2-9,21H,10-11H2,1H3,(H,23,26);3-6H,1H2,2H3. The number of methoxy groups -OCH3 is 1. The molecule has 36 heavy (non-hydrogen) atoms. The molecule has 0 aliphatic heterocycles. The maximum atomic E-state index is 13.3. The van der Waals surface area contributed by atoms with E-state index in [1.165, 1.54) is 12.1 Å². The lowest BCUT2D eigenvalue weighted by Crippen LogP contribution is -2.34. The second kappa shape index (κ2) is 13.1. The van der Waals surface area contributed by atoms with Crippen LogP contribution in [0, 0.1) is 5.82 Å². The molecule has 2 aromatic heterocycles. The fraction of sp³-hybridized carbons (Fsp3) is 0.154. The SMILES string of the molecule is C=Cc1ccnc(OC)c1.CNNC(=O)CCc1nnc(-c2ccc(F)cc2)n1-c1ccccc1Cl. The monoisotopic (exact) mass is 508 g/mol. The molecular formula is C26H26ClFN6O2. The summed E-state index contributed by atoms with van der Waals surface area (Å²) >= 11 is 6.36. The summed E-state index contributed by atoms with van der Waals surface area (Å²) in [5.41, 5.74) is 7.53. The van der Waals surface area contributed by atoms with Gasteiger partial charge in [0.2, 0.25) is 11.8 Å². The molecule has 4 rings (SSSR count). The number of benzene rings is 2. The average Bonchev–Trinajstić information content (AvgIpc) is 3.32. The molecule has 4 aromatic rings. The number of amides is 1. The lowest BCUT2D eigenvalue weighted by molar-refractivity contribution is -0.121. The highest BCUT2D eigenvalue weighted by Gasteiger charge is 2.18. The van der Waals surface area contributed by atoms with Crippen molar-refractivity contribution >= 4 is 23.6 Å². The molecule has 0 aliphatic rings. The predicted octanol–water partition coefficient (Wildman–Crippen LogP) is 4.64. The highest BCUT2D eigenvalue weighted by molar-refractivity contribution is 6.32. The fourth-order valence-electron chi connectivity index (χ4n) is 3.24. The van der Waals surface area contributed by atoms with Gasteiger partial charge in [0.05, 0.1) is 17.8 Å². The fourth-order valence-corrected chi connectivity index (χ4v) is 3.46. The van der Waals surface area contributed by atoms with Gasteiger partial charge in [0.15, 0.2) is 5.82 Å². The van der Waals surface area contributed by atoms with Crippen molar-refractivity contribution in [3.05, 3.63) is 95.7 Å². The van der Waals surface area contributed by atoms with Gasteiger partial charge in [-0.2, -0.15) is 0 Å². The van der Waals surface area contributed by atoms with E-state index in [1.807, 2.05) is 30.3 Å². The normalized spacial score (nSPS) is 10.2. The topological polar surface area (TPSA) is 94.0 Å². The number of pyridine rings is 1. The Hall–Kier alpha value is -4.08. The molecule has 0 aliphatic carbocycles. The van der Waals surface area contributed by atoms with Crippen molar-refractivity contribution in [1.82, 2.24) is 30.6 Å². The Kier molecular flexibility index (Phi) is 9.67. The molecule has 186 valence electrons. The summed E-state index contributed by atoms with van der Waals surface area (Å²) in [5, 5.41) is 8.99. The van der Waals surface area contributed by atoms with Crippen molar-refractivity contribution < 1.29 is 13.9 Å². The lowest BCUT2D eigenvalue weighted by atomic mass is 10.2. The predicted molar refractivity (Wildman–Crippen MR) is 138 cm³/mol. The summed E-state index contributed by atoms with van der Waals surface area (Å²) in [5.74, 6) is 1.24. The van der Waals surface area contributed by atoms with E-state index < -0.39 is 0 Å². The van der Waals surface area contributed by atoms with Crippen molar-refractivity contribution in [2.45, 2.75) is 12.8 Å². The number of hydrazine groups is 1. The van der Waals surface area contributed by atoms with E-state index in [2.05, 4.69) is 32.6 Å². The van der Waals surface area contributed by atoms with Crippen LogP contribution >= 0.6 is 11.6 Å². The van der Waals surface area contributed by atoms with Crippen LogP contribution in [0.3, 0.4) is 0 Å². The molecule has 2 N–H and O–H groups in total. The van der Waals surface area contributed by atoms with Gasteiger partial charge >= 0.3 is 0 Å². The van der Waals surface area contributed by atoms with E-state index >= 15 is 0 Å². The van der Waals surface area contributed by atoms with Gasteiger partial charge in [-0.25, -0.2) is 14.8 Å². The van der Waals surface area contributed by atoms with Gasteiger partial charge in [-0.1, -0.05) is 36.4 Å². The number of rotatable bonds is 8. The van der Waals surface area contributed by atoms with E-state index in [-0.39, 0.29) is 18.1 Å². The summed E-state index contributed by atoms with van der Waals surface area (Å²) in [4.78, 5) is 15.7. The number of ether oxygens (including phenoxy) is 1. The highest BCUT2D eigenvalue weighted by Crippen LogP contribution is 2.28. The largest absolute Gasteiger partial charge is 0.481 e. The Balaban J connectivity index is 0.000000303. The first-order chi connectivity index (χ1) is 17.5. The van der Waals surface area contributed by atoms with Crippen LogP contribution in [0.4, 0.5) is 4.39 Å². The first-order valence-electron chi connectivity index (χ1n) is 11.0. The zero-order valence-corrected chi connectivity index (χ0v) is 20.7. The van der Waals surface area contributed by atoms with Gasteiger partial charge in [-0.15, -0.1) is 10.2 Å². The number of para-hydroxylation sites is 1. The number of halogens is 2. The molecule has 0 saturated heterocycles. The maximum absolute atomic E-state index is 13.3. The third-order valence-corrected chi connectivity index (χ3v) is 5.29. The smallest absolute Gasteiger partial charge is 0.234 e. The zero-order chi connectivity index (χ0) is 25.9. The summed E-state index contributed by atoms with van der Waals surface area (Å²) in [6, 6.07) is 17.0. The molecule has 2 heterocycles. The van der Waals surface area contributed by atoms with E-state index in [9.17, 15) is 9.18 Å². The Morgan fingerprint density at radius 2 is 1.92 bits per heavy atom. The second-order valence-corrected chi connectivity index (χ2v) is 7.77. The molecule has 0 radical (unpaired) electrons. The van der Waals surface area contributed by atoms with Crippen LogP contribution in [-0.4, -0.2) is 39.8 Å². The Morgan fingerprint density at radius 3 is 2.58 bits per heavy atom. The highest BCUT2D eigenvalue weighted by atomic mass is 35.5. The van der Waals surface area contributed by atoms with Gasteiger partial charge in [0.25, 0.3) is 0 Å². The van der Waals surface area contributed by atoms with Crippen molar-refractivity contribution in [2.24, 2.45) is 0 Å². The third kappa shape index (κ3) is 6.97. The van der Waals surface area contributed by atoms with Gasteiger partial charge in [-0.05, 0) is 48.0 Å². The molecule has 0 unspecified atom stereocenters. The van der Waals surface area contributed by atoms with E-state index in [0.29, 0.717) is 40.2 Å². The number of nitrogens with zero attached hydrogens (tertiary/aromatic N) is 4. The van der Waals surface area contributed by atoms with Crippen LogP contribution in [0.2, 0.25) is 5.02 Å². The average molecular weight is 509 g/mol. The molecular weight excluding hydrogens is 483 g/mol.